The van der Waals surface area contributed by atoms with Crippen molar-refractivity contribution in [2.45, 2.75) is 78.4 Å². The lowest BCUT2D eigenvalue weighted by atomic mass is 10.0. The van der Waals surface area contributed by atoms with E-state index < -0.39 is 0 Å². The molecule has 1 aromatic carbocycles. The summed E-state index contributed by atoms with van der Waals surface area (Å²) in [4.78, 5) is 31.3. The van der Waals surface area contributed by atoms with Crippen molar-refractivity contribution in [3.8, 4) is 0 Å². The zero-order chi connectivity index (χ0) is 22.2. The van der Waals surface area contributed by atoms with Crippen LogP contribution in [0.5, 0.6) is 0 Å². The normalized spacial score (nSPS) is 14.2. The summed E-state index contributed by atoms with van der Waals surface area (Å²) in [5.74, 6) is 0.812. The minimum atomic E-state index is 0.0135. The number of carbonyl (C=O) groups excluding carboxylic acids is 2. The molecular weight excluding hydrogens is 404 g/mol. The maximum absolute atomic E-state index is 13.4. The Bertz CT molecular complexity index is 840. The molecular formula is C26H36N2O2S. The number of carbonyl (C=O) groups is 2. The SMILES string of the molecule is Cc1ccsc1CN(Cc1ccccc1)C(=O)CN(C(=O)CCC1CCCC1)C(C)C. The molecule has 0 bridgehead atoms. The van der Waals surface area contributed by atoms with Gasteiger partial charge in [-0.15, -0.1) is 11.3 Å². The van der Waals surface area contributed by atoms with Crippen LogP contribution in [0.2, 0.25) is 0 Å². The van der Waals surface area contributed by atoms with Crippen LogP contribution >= 0.6 is 11.3 Å². The minimum Gasteiger partial charge on any atom is -0.332 e. The highest BCUT2D eigenvalue weighted by atomic mass is 32.1. The van der Waals surface area contributed by atoms with Crippen LogP contribution in [0.4, 0.5) is 0 Å². The molecule has 2 aromatic rings. The van der Waals surface area contributed by atoms with Crippen LogP contribution in [0.15, 0.2) is 41.8 Å². The van der Waals surface area contributed by atoms with Crippen molar-refractivity contribution in [2.24, 2.45) is 5.92 Å². The molecule has 0 atom stereocenters. The van der Waals surface area contributed by atoms with E-state index in [0.29, 0.717) is 25.4 Å². The van der Waals surface area contributed by atoms with Crippen LogP contribution in [0.1, 0.15) is 68.4 Å². The number of aryl methyl sites for hydroxylation is 1. The first kappa shape index (κ1) is 23.5. The average molecular weight is 441 g/mol. The first-order valence-corrected chi connectivity index (χ1v) is 12.5. The third-order valence-electron chi connectivity index (χ3n) is 6.36. The largest absolute Gasteiger partial charge is 0.332 e. The van der Waals surface area contributed by atoms with Gasteiger partial charge < -0.3 is 9.80 Å². The summed E-state index contributed by atoms with van der Waals surface area (Å²) in [5.41, 5.74) is 2.32. The van der Waals surface area contributed by atoms with Crippen LogP contribution in [0.3, 0.4) is 0 Å². The van der Waals surface area contributed by atoms with E-state index in [4.69, 9.17) is 0 Å². The third-order valence-corrected chi connectivity index (χ3v) is 7.37. The van der Waals surface area contributed by atoms with Gasteiger partial charge in [0.15, 0.2) is 0 Å². The monoisotopic (exact) mass is 440 g/mol. The smallest absolute Gasteiger partial charge is 0.242 e. The molecule has 0 N–H and O–H groups in total. The Morgan fingerprint density at radius 3 is 2.35 bits per heavy atom. The third kappa shape index (κ3) is 6.93. The van der Waals surface area contributed by atoms with E-state index in [0.717, 1.165) is 12.0 Å². The highest BCUT2D eigenvalue weighted by molar-refractivity contribution is 7.10. The maximum Gasteiger partial charge on any atom is 0.242 e. The van der Waals surface area contributed by atoms with Gasteiger partial charge in [-0.1, -0.05) is 56.0 Å². The topological polar surface area (TPSA) is 40.6 Å². The predicted molar refractivity (Wildman–Crippen MR) is 128 cm³/mol. The Morgan fingerprint density at radius 2 is 1.74 bits per heavy atom. The zero-order valence-electron chi connectivity index (χ0n) is 19.2. The Hall–Kier alpha value is -2.14. The molecule has 1 heterocycles. The summed E-state index contributed by atoms with van der Waals surface area (Å²) < 4.78 is 0. The van der Waals surface area contributed by atoms with E-state index in [1.165, 1.54) is 36.1 Å². The first-order chi connectivity index (χ1) is 14.9. The molecule has 2 amide bonds. The lowest BCUT2D eigenvalue weighted by Crippen LogP contribution is -2.45. The Kier molecular flexibility index (Phi) is 8.70. The summed E-state index contributed by atoms with van der Waals surface area (Å²) in [7, 11) is 0. The predicted octanol–water partition coefficient (Wildman–Crippen LogP) is 5.79. The van der Waals surface area contributed by atoms with E-state index in [9.17, 15) is 9.59 Å². The van der Waals surface area contributed by atoms with E-state index in [1.807, 2.05) is 36.9 Å². The van der Waals surface area contributed by atoms with Crippen molar-refractivity contribution < 1.29 is 9.59 Å². The maximum atomic E-state index is 13.4. The van der Waals surface area contributed by atoms with Crippen LogP contribution in [-0.2, 0) is 22.7 Å². The summed E-state index contributed by atoms with van der Waals surface area (Å²) in [5, 5.41) is 2.07. The van der Waals surface area contributed by atoms with Gasteiger partial charge in [0.25, 0.3) is 0 Å². The van der Waals surface area contributed by atoms with Crippen molar-refractivity contribution in [1.82, 2.24) is 9.80 Å². The van der Waals surface area contributed by atoms with Gasteiger partial charge in [-0.05, 0) is 55.7 Å². The Morgan fingerprint density at radius 1 is 1.03 bits per heavy atom. The van der Waals surface area contributed by atoms with Gasteiger partial charge in [0.1, 0.15) is 0 Å². The molecule has 4 nitrogen and oxygen atoms in total. The van der Waals surface area contributed by atoms with Gasteiger partial charge in [-0.2, -0.15) is 0 Å². The van der Waals surface area contributed by atoms with Gasteiger partial charge in [0.2, 0.25) is 11.8 Å². The Balaban J connectivity index is 1.68. The number of hydrogen-bond acceptors (Lipinski definition) is 3. The highest BCUT2D eigenvalue weighted by Crippen LogP contribution is 2.29. The molecule has 168 valence electrons. The molecule has 0 unspecified atom stereocenters. The van der Waals surface area contributed by atoms with E-state index in [-0.39, 0.29) is 24.4 Å². The number of hydrogen-bond donors (Lipinski definition) is 0. The molecule has 1 aliphatic rings. The molecule has 0 aliphatic heterocycles. The molecule has 1 saturated carbocycles. The van der Waals surface area contributed by atoms with Gasteiger partial charge >= 0.3 is 0 Å². The van der Waals surface area contributed by atoms with Crippen molar-refractivity contribution in [1.29, 1.82) is 0 Å². The molecule has 1 aliphatic carbocycles. The molecule has 1 fully saturated rings. The second-order valence-corrected chi connectivity index (χ2v) is 10.1. The minimum absolute atomic E-state index is 0.0135. The molecule has 3 rings (SSSR count). The van der Waals surface area contributed by atoms with Crippen molar-refractivity contribution in [3.63, 3.8) is 0 Å². The number of nitrogens with zero attached hydrogens (tertiary/aromatic N) is 2. The highest BCUT2D eigenvalue weighted by Gasteiger charge is 2.25. The first-order valence-electron chi connectivity index (χ1n) is 11.6. The number of thiophene rings is 1. The number of benzene rings is 1. The molecule has 31 heavy (non-hydrogen) atoms. The molecule has 1 aromatic heterocycles. The summed E-state index contributed by atoms with van der Waals surface area (Å²) >= 11 is 1.69. The Labute approximate surface area is 191 Å². The average Bonchev–Trinajstić information content (AvgIpc) is 3.42. The summed E-state index contributed by atoms with van der Waals surface area (Å²) in [6.45, 7) is 7.39. The van der Waals surface area contributed by atoms with E-state index in [2.05, 4.69) is 30.5 Å². The van der Waals surface area contributed by atoms with Crippen LogP contribution in [0.25, 0.3) is 0 Å². The molecule has 5 heteroatoms. The van der Waals surface area contributed by atoms with Gasteiger partial charge in [-0.25, -0.2) is 0 Å². The van der Waals surface area contributed by atoms with Crippen molar-refractivity contribution in [3.05, 3.63) is 57.8 Å². The lowest BCUT2D eigenvalue weighted by Gasteiger charge is -2.30. The van der Waals surface area contributed by atoms with Crippen LogP contribution in [0, 0.1) is 12.8 Å². The number of amides is 2. The van der Waals surface area contributed by atoms with Crippen LogP contribution < -0.4 is 0 Å². The van der Waals surface area contributed by atoms with E-state index in [1.54, 1.807) is 16.2 Å². The van der Waals surface area contributed by atoms with Gasteiger partial charge in [-0.3, -0.25) is 9.59 Å². The lowest BCUT2D eigenvalue weighted by molar-refractivity contribution is -0.142. The molecule has 0 radical (unpaired) electrons. The fourth-order valence-electron chi connectivity index (χ4n) is 4.35. The van der Waals surface area contributed by atoms with E-state index >= 15 is 0 Å². The quantitative estimate of drug-likeness (QED) is 0.469. The molecule has 0 spiro atoms. The van der Waals surface area contributed by atoms with Crippen molar-refractivity contribution in [2.75, 3.05) is 6.54 Å². The second-order valence-electron chi connectivity index (χ2n) is 9.07. The van der Waals surface area contributed by atoms with Gasteiger partial charge in [0.05, 0.1) is 13.1 Å². The zero-order valence-corrected chi connectivity index (χ0v) is 20.0. The summed E-state index contributed by atoms with van der Waals surface area (Å²) in [6, 6.07) is 12.2. The number of rotatable bonds is 10. The standard InChI is InChI=1S/C26H36N2O2S/c1-20(2)28(25(29)14-13-22-9-7-8-10-22)19-26(30)27(17-23-11-5-4-6-12-23)18-24-21(3)15-16-31-24/h4-6,11-12,15-16,20,22H,7-10,13-14,17-19H2,1-3H3. The van der Waals surface area contributed by atoms with Gasteiger partial charge in [0, 0.05) is 23.9 Å². The van der Waals surface area contributed by atoms with Crippen molar-refractivity contribution >= 4 is 23.2 Å². The summed E-state index contributed by atoms with van der Waals surface area (Å²) in [6.07, 6.45) is 6.60. The van der Waals surface area contributed by atoms with Crippen LogP contribution in [-0.4, -0.2) is 34.2 Å². The fourth-order valence-corrected chi connectivity index (χ4v) is 5.27. The fraction of sp³-hybridized carbons (Fsp3) is 0.538. The second kappa shape index (κ2) is 11.5. The molecule has 0 saturated heterocycles.